The van der Waals surface area contributed by atoms with Crippen LogP contribution in [0.2, 0.25) is 0 Å². The molecular weight excluding hydrogens is 144 g/mol. The molecule has 2 saturated heterocycles. The Balaban J connectivity index is 1.93. The van der Waals surface area contributed by atoms with Gasteiger partial charge in [0.05, 0.1) is 0 Å². The molecule has 10 heavy (non-hydrogen) atoms. The second-order valence-corrected chi connectivity index (χ2v) is 4.18. The summed E-state index contributed by atoms with van der Waals surface area (Å²) in [6, 6.07) is 0.882. The van der Waals surface area contributed by atoms with Crippen LogP contribution in [-0.4, -0.2) is 48.2 Å². The SMILES string of the molecule is CSN1C[C@@H]2CN(C)[C@@H]2C1. The van der Waals surface area contributed by atoms with Crippen LogP contribution in [-0.2, 0) is 0 Å². The molecule has 0 aromatic carbocycles. The molecule has 0 radical (unpaired) electrons. The maximum Gasteiger partial charge on any atom is 0.0282 e. The lowest BCUT2D eigenvalue weighted by Gasteiger charge is -2.40. The molecule has 0 bridgehead atoms. The van der Waals surface area contributed by atoms with E-state index in [1.807, 2.05) is 11.9 Å². The zero-order valence-corrected chi connectivity index (χ0v) is 7.40. The van der Waals surface area contributed by atoms with Crippen molar-refractivity contribution >= 4 is 11.9 Å². The summed E-state index contributed by atoms with van der Waals surface area (Å²) >= 11 is 1.89. The first-order valence-electron chi connectivity index (χ1n) is 3.80. The summed E-state index contributed by atoms with van der Waals surface area (Å²) < 4.78 is 2.47. The Morgan fingerprint density at radius 2 is 2.10 bits per heavy atom. The van der Waals surface area contributed by atoms with E-state index in [1.165, 1.54) is 19.6 Å². The maximum atomic E-state index is 2.47. The average Bonchev–Trinajstić information content (AvgIpc) is 2.26. The highest BCUT2D eigenvalue weighted by Crippen LogP contribution is 2.32. The molecule has 0 aromatic rings. The lowest BCUT2D eigenvalue weighted by molar-refractivity contribution is 0.0826. The van der Waals surface area contributed by atoms with Crippen LogP contribution in [0, 0.1) is 5.92 Å². The third-order valence-corrected chi connectivity index (χ3v) is 3.53. The topological polar surface area (TPSA) is 6.48 Å². The van der Waals surface area contributed by atoms with Crippen molar-refractivity contribution < 1.29 is 0 Å². The number of likely N-dealkylation sites (tertiary alicyclic amines) is 1. The molecule has 0 unspecified atom stereocenters. The number of fused-ring (bicyclic) bond motifs is 1. The summed E-state index contributed by atoms with van der Waals surface area (Å²) in [6.45, 7) is 3.92. The third kappa shape index (κ3) is 0.881. The molecule has 2 fully saturated rings. The van der Waals surface area contributed by atoms with Gasteiger partial charge in [-0.2, -0.15) is 0 Å². The molecule has 2 aliphatic heterocycles. The zero-order valence-electron chi connectivity index (χ0n) is 6.58. The first-order chi connectivity index (χ1) is 4.81. The van der Waals surface area contributed by atoms with Crippen molar-refractivity contribution in [3.05, 3.63) is 0 Å². The predicted octanol–water partition coefficient (Wildman–Crippen LogP) is 0.510. The van der Waals surface area contributed by atoms with Crippen LogP contribution in [0.25, 0.3) is 0 Å². The van der Waals surface area contributed by atoms with Crippen LogP contribution in [0.4, 0.5) is 0 Å². The minimum atomic E-state index is 0.882. The van der Waals surface area contributed by atoms with Gasteiger partial charge in [0, 0.05) is 31.6 Å². The highest BCUT2D eigenvalue weighted by atomic mass is 32.2. The molecule has 2 heterocycles. The van der Waals surface area contributed by atoms with Crippen molar-refractivity contribution in [1.29, 1.82) is 0 Å². The average molecular weight is 158 g/mol. The maximum absolute atomic E-state index is 2.47. The van der Waals surface area contributed by atoms with E-state index in [2.05, 4.69) is 22.5 Å². The Hall–Kier alpha value is 0.270. The normalized spacial score (nSPS) is 41.4. The fourth-order valence-corrected chi connectivity index (χ4v) is 2.65. The number of hydrogen-bond donors (Lipinski definition) is 0. The summed E-state index contributed by atoms with van der Waals surface area (Å²) in [6.07, 6.45) is 2.17. The predicted molar refractivity (Wildman–Crippen MR) is 45.0 cm³/mol. The molecule has 0 saturated carbocycles. The summed E-state index contributed by atoms with van der Waals surface area (Å²) in [5.41, 5.74) is 0. The molecule has 0 aromatic heterocycles. The van der Waals surface area contributed by atoms with Crippen molar-refractivity contribution in [2.75, 3.05) is 32.9 Å². The van der Waals surface area contributed by atoms with E-state index in [-0.39, 0.29) is 0 Å². The van der Waals surface area contributed by atoms with Gasteiger partial charge in [-0.3, -0.25) is 0 Å². The van der Waals surface area contributed by atoms with Crippen molar-refractivity contribution in [3.8, 4) is 0 Å². The van der Waals surface area contributed by atoms with Gasteiger partial charge in [0.1, 0.15) is 0 Å². The summed E-state index contributed by atoms with van der Waals surface area (Å²) in [5.74, 6) is 0.984. The molecule has 2 nitrogen and oxygen atoms in total. The van der Waals surface area contributed by atoms with E-state index < -0.39 is 0 Å². The Morgan fingerprint density at radius 3 is 2.60 bits per heavy atom. The van der Waals surface area contributed by atoms with Gasteiger partial charge in [0.15, 0.2) is 0 Å². The molecule has 0 amide bonds. The van der Waals surface area contributed by atoms with Gasteiger partial charge in [-0.15, -0.1) is 0 Å². The molecule has 0 N–H and O–H groups in total. The van der Waals surface area contributed by atoms with Crippen LogP contribution in [0.1, 0.15) is 0 Å². The number of rotatable bonds is 1. The summed E-state index contributed by atoms with van der Waals surface area (Å²) in [7, 11) is 2.23. The smallest absolute Gasteiger partial charge is 0.0282 e. The van der Waals surface area contributed by atoms with E-state index in [0.717, 1.165) is 12.0 Å². The first-order valence-corrected chi connectivity index (χ1v) is 4.98. The Labute approximate surface area is 66.7 Å². The Kier molecular flexibility index (Phi) is 1.66. The van der Waals surface area contributed by atoms with E-state index >= 15 is 0 Å². The van der Waals surface area contributed by atoms with Crippen LogP contribution >= 0.6 is 11.9 Å². The van der Waals surface area contributed by atoms with Crippen LogP contribution in [0.5, 0.6) is 0 Å². The van der Waals surface area contributed by atoms with Gasteiger partial charge in [0.2, 0.25) is 0 Å². The molecule has 2 atom stereocenters. The zero-order chi connectivity index (χ0) is 7.14. The van der Waals surface area contributed by atoms with Crippen molar-refractivity contribution in [3.63, 3.8) is 0 Å². The number of hydrogen-bond acceptors (Lipinski definition) is 3. The van der Waals surface area contributed by atoms with Gasteiger partial charge in [-0.1, -0.05) is 11.9 Å². The molecule has 2 aliphatic rings. The minimum Gasteiger partial charge on any atom is -0.301 e. The van der Waals surface area contributed by atoms with Crippen molar-refractivity contribution in [2.45, 2.75) is 6.04 Å². The van der Waals surface area contributed by atoms with Crippen molar-refractivity contribution in [1.82, 2.24) is 9.21 Å². The highest BCUT2D eigenvalue weighted by molar-refractivity contribution is 7.96. The molecular formula is C7H14N2S. The molecule has 3 heteroatoms. The van der Waals surface area contributed by atoms with Gasteiger partial charge >= 0.3 is 0 Å². The monoisotopic (exact) mass is 158 g/mol. The van der Waals surface area contributed by atoms with E-state index in [0.29, 0.717) is 0 Å². The fraction of sp³-hybridized carbons (Fsp3) is 1.00. The molecule has 0 spiro atoms. The number of likely N-dealkylation sites (N-methyl/N-ethyl adjacent to an activating group) is 1. The lowest BCUT2D eigenvalue weighted by atomic mass is 9.93. The van der Waals surface area contributed by atoms with Crippen LogP contribution < -0.4 is 0 Å². The third-order valence-electron chi connectivity index (χ3n) is 2.72. The molecule has 2 rings (SSSR count). The fourth-order valence-electron chi connectivity index (χ4n) is 2.01. The Bertz CT molecular complexity index is 140. The van der Waals surface area contributed by atoms with Gasteiger partial charge < -0.3 is 4.90 Å². The molecule has 0 aliphatic carbocycles. The van der Waals surface area contributed by atoms with Gasteiger partial charge in [-0.25, -0.2) is 4.31 Å². The van der Waals surface area contributed by atoms with Gasteiger partial charge in [0.25, 0.3) is 0 Å². The standard InChI is InChI=1S/C7H14N2S/c1-8-3-6-4-9(10-2)5-7(6)8/h6-7H,3-5H2,1-2H3/t6-,7+/m0/s1. The highest BCUT2D eigenvalue weighted by Gasteiger charge is 2.43. The van der Waals surface area contributed by atoms with Crippen LogP contribution in [0.15, 0.2) is 0 Å². The quantitative estimate of drug-likeness (QED) is 0.513. The summed E-state index contributed by atoms with van der Waals surface area (Å²) in [4.78, 5) is 2.46. The second kappa shape index (κ2) is 2.40. The second-order valence-electron chi connectivity index (χ2n) is 3.30. The van der Waals surface area contributed by atoms with Crippen LogP contribution in [0.3, 0.4) is 0 Å². The van der Waals surface area contributed by atoms with Gasteiger partial charge in [-0.05, 0) is 13.3 Å². The number of nitrogens with zero attached hydrogens (tertiary/aromatic N) is 2. The minimum absolute atomic E-state index is 0.882. The Morgan fingerprint density at radius 1 is 1.30 bits per heavy atom. The van der Waals surface area contributed by atoms with E-state index in [1.54, 1.807) is 0 Å². The largest absolute Gasteiger partial charge is 0.301 e. The van der Waals surface area contributed by atoms with E-state index in [4.69, 9.17) is 0 Å². The van der Waals surface area contributed by atoms with Crippen molar-refractivity contribution in [2.24, 2.45) is 5.92 Å². The lowest BCUT2D eigenvalue weighted by Crippen LogP contribution is -2.52. The molecule has 58 valence electrons. The first kappa shape index (κ1) is 6.95. The van der Waals surface area contributed by atoms with E-state index in [9.17, 15) is 0 Å². The summed E-state index contributed by atoms with van der Waals surface area (Å²) in [5, 5.41) is 0.